The van der Waals surface area contributed by atoms with Gasteiger partial charge in [-0.15, -0.1) is 11.3 Å². The molecule has 0 unspecified atom stereocenters. The molecule has 0 saturated heterocycles. The van der Waals surface area contributed by atoms with E-state index in [1.54, 1.807) is 0 Å². The van der Waals surface area contributed by atoms with Gasteiger partial charge in [0.25, 0.3) is 0 Å². The van der Waals surface area contributed by atoms with Gasteiger partial charge in [0.2, 0.25) is 0 Å². The molecule has 1 aromatic heterocycles. The van der Waals surface area contributed by atoms with E-state index in [4.69, 9.17) is 0 Å². The van der Waals surface area contributed by atoms with Crippen LogP contribution >= 0.6 is 11.3 Å². The van der Waals surface area contributed by atoms with Crippen LogP contribution in [0.25, 0.3) is 64.7 Å². The smallest absolute Gasteiger partial charge is 0.0726 e. The number of hydrogen-bond acceptors (Lipinski definition) is 2. The molecular formula is C63H49NS. The van der Waals surface area contributed by atoms with E-state index in [0.717, 1.165) is 5.69 Å². The highest BCUT2D eigenvalue weighted by Gasteiger charge is 2.52. The van der Waals surface area contributed by atoms with E-state index in [1.807, 2.05) is 11.3 Å². The molecule has 0 aliphatic heterocycles. The monoisotopic (exact) mass is 851 g/mol. The summed E-state index contributed by atoms with van der Waals surface area (Å²) in [6.45, 7) is 9.73. The number of rotatable bonds is 5. The fourth-order valence-corrected chi connectivity index (χ4v) is 13.4. The van der Waals surface area contributed by atoms with Crippen LogP contribution in [0.5, 0.6) is 0 Å². The Morgan fingerprint density at radius 3 is 1.60 bits per heavy atom. The minimum Gasteiger partial charge on any atom is -0.308 e. The zero-order valence-corrected chi connectivity index (χ0v) is 38.1. The van der Waals surface area contributed by atoms with Crippen LogP contribution in [0, 0.1) is 0 Å². The lowest BCUT2D eigenvalue weighted by Gasteiger charge is -2.43. The maximum absolute atomic E-state index is 2.58. The molecule has 3 aliphatic carbocycles. The molecule has 0 N–H and O–H groups in total. The predicted molar refractivity (Wildman–Crippen MR) is 276 cm³/mol. The molecule has 1 nitrogen and oxygen atoms in total. The molecule has 10 aromatic rings. The lowest BCUT2D eigenvalue weighted by molar-refractivity contribution is 0.333. The second-order valence-electron chi connectivity index (χ2n) is 19.8. The fourth-order valence-electron chi connectivity index (χ4n) is 12.2. The van der Waals surface area contributed by atoms with Gasteiger partial charge in [-0.2, -0.15) is 0 Å². The molecule has 0 amide bonds. The van der Waals surface area contributed by atoms with Crippen molar-refractivity contribution in [2.24, 2.45) is 0 Å². The van der Waals surface area contributed by atoms with Crippen LogP contribution < -0.4 is 4.90 Å². The van der Waals surface area contributed by atoms with Crippen LogP contribution in [0.15, 0.2) is 200 Å². The van der Waals surface area contributed by atoms with Gasteiger partial charge in [0.1, 0.15) is 0 Å². The molecule has 312 valence electrons. The predicted octanol–water partition coefficient (Wildman–Crippen LogP) is 17.6. The normalized spacial score (nSPS) is 15.6. The van der Waals surface area contributed by atoms with Gasteiger partial charge >= 0.3 is 0 Å². The Labute approximate surface area is 386 Å². The van der Waals surface area contributed by atoms with Crippen LogP contribution in [-0.4, -0.2) is 0 Å². The second kappa shape index (κ2) is 14.0. The summed E-state index contributed by atoms with van der Waals surface area (Å²) in [5.74, 6) is 0. The number of benzene rings is 9. The van der Waals surface area contributed by atoms with E-state index in [1.165, 1.54) is 122 Å². The first-order chi connectivity index (χ1) is 31.7. The summed E-state index contributed by atoms with van der Waals surface area (Å²) in [5.41, 5.74) is 21.9. The van der Waals surface area contributed by atoms with Crippen LogP contribution in [0.1, 0.15) is 73.9 Å². The van der Waals surface area contributed by atoms with E-state index in [9.17, 15) is 0 Å². The third-order valence-corrected chi connectivity index (χ3v) is 16.6. The molecule has 0 bridgehead atoms. The molecule has 65 heavy (non-hydrogen) atoms. The van der Waals surface area contributed by atoms with Crippen LogP contribution in [0.3, 0.4) is 0 Å². The van der Waals surface area contributed by atoms with Gasteiger partial charge in [-0.1, -0.05) is 191 Å². The van der Waals surface area contributed by atoms with Gasteiger partial charge < -0.3 is 4.90 Å². The molecule has 0 saturated carbocycles. The summed E-state index contributed by atoms with van der Waals surface area (Å²) in [6, 6.07) is 75.9. The van der Waals surface area contributed by atoms with Crippen molar-refractivity contribution in [1.82, 2.24) is 0 Å². The standard InChI is InChI=1S/C63H49NS/c1-61(2)36-37-62(3,4)59-43(24-16-29-54(59)61)40-32-34-41(35-33-40)49-38-50-46-22-10-14-28-53(46)63(51-26-12-8-20-44(51)45-21-9-13-27-52(45)63)55(50)39-57(49)64(42-18-6-5-7-19-42)56-30-17-25-48-47-23-11-15-31-58(47)65-60(48)56/h5-35,38-39H,36-37H2,1-4H3. The summed E-state index contributed by atoms with van der Waals surface area (Å²) < 4.78 is 2.59. The van der Waals surface area contributed by atoms with Gasteiger partial charge in [-0.25, -0.2) is 0 Å². The molecule has 0 atom stereocenters. The lowest BCUT2D eigenvalue weighted by Crippen LogP contribution is -2.34. The van der Waals surface area contributed by atoms with E-state index in [2.05, 4.69) is 233 Å². The highest BCUT2D eigenvalue weighted by atomic mass is 32.1. The van der Waals surface area contributed by atoms with Crippen LogP contribution in [0.4, 0.5) is 17.1 Å². The third-order valence-electron chi connectivity index (χ3n) is 15.3. The topological polar surface area (TPSA) is 3.24 Å². The highest BCUT2D eigenvalue weighted by molar-refractivity contribution is 7.26. The van der Waals surface area contributed by atoms with E-state index >= 15 is 0 Å². The maximum atomic E-state index is 2.58. The first-order valence-corrected chi connectivity index (χ1v) is 24.0. The quantitative estimate of drug-likeness (QED) is 0.167. The average Bonchev–Trinajstić information content (AvgIpc) is 3.98. The van der Waals surface area contributed by atoms with Crippen molar-refractivity contribution in [2.75, 3.05) is 4.90 Å². The SMILES string of the molecule is CC1(C)CCC(C)(C)c2c(-c3ccc(-c4cc5c(cc4N(c4ccccc4)c4cccc6c4sc4ccccc46)C4(c6ccccc6-c6ccccc64)c4ccccc4-5)cc3)cccc21. The molecule has 1 heterocycles. The summed E-state index contributed by atoms with van der Waals surface area (Å²) in [5, 5.41) is 2.59. The van der Waals surface area contributed by atoms with Gasteiger partial charge in [0.05, 0.1) is 21.5 Å². The first-order valence-electron chi connectivity index (χ1n) is 23.2. The van der Waals surface area contributed by atoms with Crippen molar-refractivity contribution < 1.29 is 0 Å². The molecule has 13 rings (SSSR count). The van der Waals surface area contributed by atoms with Crippen molar-refractivity contribution in [3.8, 4) is 44.5 Å². The molecular weight excluding hydrogens is 803 g/mol. The summed E-state index contributed by atoms with van der Waals surface area (Å²) in [4.78, 5) is 2.56. The van der Waals surface area contributed by atoms with Gasteiger partial charge in [-0.05, 0) is 132 Å². The zero-order chi connectivity index (χ0) is 43.7. The number of fused-ring (bicyclic) bond motifs is 14. The Morgan fingerprint density at radius 1 is 0.385 bits per heavy atom. The maximum Gasteiger partial charge on any atom is 0.0726 e. The first kappa shape index (κ1) is 38.5. The zero-order valence-electron chi connectivity index (χ0n) is 37.3. The Bertz CT molecular complexity index is 3500. The minimum atomic E-state index is -0.477. The Morgan fingerprint density at radius 2 is 0.908 bits per heavy atom. The summed E-state index contributed by atoms with van der Waals surface area (Å²) in [6.07, 6.45) is 2.38. The van der Waals surface area contributed by atoms with Crippen molar-refractivity contribution in [2.45, 2.75) is 56.8 Å². The van der Waals surface area contributed by atoms with Crippen LogP contribution in [0.2, 0.25) is 0 Å². The Kier molecular flexibility index (Phi) is 8.28. The fraction of sp³-hybridized carbons (Fsp3) is 0.143. The van der Waals surface area contributed by atoms with Crippen molar-refractivity contribution in [3.05, 3.63) is 234 Å². The van der Waals surface area contributed by atoms with E-state index < -0.39 is 5.41 Å². The summed E-state index contributed by atoms with van der Waals surface area (Å²) >= 11 is 1.89. The number of nitrogens with zero attached hydrogens (tertiary/aromatic N) is 1. The van der Waals surface area contributed by atoms with Crippen LogP contribution in [-0.2, 0) is 16.2 Å². The van der Waals surface area contributed by atoms with Crippen molar-refractivity contribution in [1.29, 1.82) is 0 Å². The molecule has 0 radical (unpaired) electrons. The summed E-state index contributed by atoms with van der Waals surface area (Å²) in [7, 11) is 0. The molecule has 2 heteroatoms. The van der Waals surface area contributed by atoms with E-state index in [-0.39, 0.29) is 10.8 Å². The van der Waals surface area contributed by atoms with Crippen molar-refractivity contribution in [3.63, 3.8) is 0 Å². The Balaban J connectivity index is 1.11. The van der Waals surface area contributed by atoms with Gasteiger partial charge in [0.15, 0.2) is 0 Å². The number of anilines is 3. The molecule has 9 aromatic carbocycles. The molecule has 1 spiro atoms. The Hall–Kier alpha value is -7.00. The second-order valence-corrected chi connectivity index (χ2v) is 20.9. The van der Waals surface area contributed by atoms with Crippen molar-refractivity contribution >= 4 is 48.6 Å². The highest BCUT2D eigenvalue weighted by Crippen LogP contribution is 2.64. The number of hydrogen-bond donors (Lipinski definition) is 0. The number of para-hydroxylation sites is 1. The average molecular weight is 852 g/mol. The van der Waals surface area contributed by atoms with Gasteiger partial charge in [-0.3, -0.25) is 0 Å². The largest absolute Gasteiger partial charge is 0.308 e. The van der Waals surface area contributed by atoms with E-state index in [0.29, 0.717) is 0 Å². The minimum absolute atomic E-state index is 0.0951. The van der Waals surface area contributed by atoms with Gasteiger partial charge in [0, 0.05) is 26.7 Å². The molecule has 0 fully saturated rings. The molecule has 3 aliphatic rings. The third kappa shape index (κ3) is 5.44. The lowest BCUT2D eigenvalue weighted by atomic mass is 9.61. The number of thiophene rings is 1.